The molecule has 2 amide bonds. The van der Waals surface area contributed by atoms with Gasteiger partial charge in [0.25, 0.3) is 5.91 Å². The molecule has 36 heavy (non-hydrogen) atoms. The van der Waals surface area contributed by atoms with Crippen molar-refractivity contribution in [3.05, 3.63) is 94.0 Å². The molecule has 11 heteroatoms. The van der Waals surface area contributed by atoms with Crippen LogP contribution in [0.15, 0.2) is 87.3 Å². The molecule has 1 atom stereocenters. The molecule has 0 bridgehead atoms. The Morgan fingerprint density at radius 2 is 1.78 bits per heavy atom. The highest BCUT2D eigenvalue weighted by molar-refractivity contribution is 9.10. The Morgan fingerprint density at radius 1 is 1.08 bits per heavy atom. The summed E-state index contributed by atoms with van der Waals surface area (Å²) in [5.74, 6) is -0.640. The molecule has 3 aromatic rings. The average molecular weight is 573 g/mol. The van der Waals surface area contributed by atoms with Gasteiger partial charge in [0, 0.05) is 6.42 Å². The summed E-state index contributed by atoms with van der Waals surface area (Å²) in [6.45, 7) is 1.62. The van der Waals surface area contributed by atoms with Crippen molar-refractivity contribution < 1.29 is 22.7 Å². The van der Waals surface area contributed by atoms with Crippen LogP contribution in [0.3, 0.4) is 0 Å². The number of hydrogen-bond acceptors (Lipinski definition) is 6. The maximum Gasteiger partial charge on any atom is 0.255 e. The lowest BCUT2D eigenvalue weighted by atomic mass is 10.0. The van der Waals surface area contributed by atoms with E-state index >= 15 is 0 Å². The average Bonchev–Trinajstić information content (AvgIpc) is 2.83. The molecular weight excluding hydrogens is 548 g/mol. The predicted molar refractivity (Wildman–Crippen MR) is 140 cm³/mol. The minimum Gasteiger partial charge on any atom is -0.483 e. The SMILES string of the molecule is Cc1ccc(S(=O)(=O)N[C@@H](CC(=O)N/N=C\c2ccc(OCC(N)=O)c(Br)c2)c2ccccc2)cc1. The van der Waals surface area contributed by atoms with Crippen LogP contribution < -0.4 is 20.6 Å². The Kier molecular flexibility index (Phi) is 9.34. The molecule has 0 saturated heterocycles. The van der Waals surface area contributed by atoms with Crippen molar-refractivity contribution in [1.82, 2.24) is 10.1 Å². The van der Waals surface area contributed by atoms with Crippen LogP contribution in [-0.2, 0) is 19.6 Å². The van der Waals surface area contributed by atoms with Gasteiger partial charge >= 0.3 is 0 Å². The summed E-state index contributed by atoms with van der Waals surface area (Å²) >= 11 is 3.34. The second-order valence-corrected chi connectivity index (χ2v) is 10.4. The third-order valence-electron chi connectivity index (χ3n) is 4.95. The van der Waals surface area contributed by atoms with Crippen LogP contribution in [0.2, 0.25) is 0 Å². The van der Waals surface area contributed by atoms with Gasteiger partial charge in [-0.05, 0) is 64.3 Å². The fraction of sp³-hybridized carbons (Fsp3) is 0.160. The molecule has 0 radical (unpaired) electrons. The van der Waals surface area contributed by atoms with E-state index in [1.54, 1.807) is 54.6 Å². The topological polar surface area (TPSA) is 140 Å². The molecule has 0 unspecified atom stereocenters. The number of nitrogens with two attached hydrogens (primary N) is 1. The molecule has 0 spiro atoms. The molecule has 9 nitrogen and oxygen atoms in total. The Hall–Kier alpha value is -3.54. The Bertz CT molecular complexity index is 1350. The van der Waals surface area contributed by atoms with Gasteiger partial charge < -0.3 is 10.5 Å². The first-order valence-electron chi connectivity index (χ1n) is 10.8. The van der Waals surface area contributed by atoms with E-state index in [1.165, 1.54) is 18.3 Å². The summed E-state index contributed by atoms with van der Waals surface area (Å²) in [5.41, 5.74) is 9.73. The zero-order chi connectivity index (χ0) is 26.1. The molecule has 0 aliphatic carbocycles. The molecule has 4 N–H and O–H groups in total. The van der Waals surface area contributed by atoms with Crippen molar-refractivity contribution in [2.24, 2.45) is 10.8 Å². The number of primary amides is 1. The number of sulfonamides is 1. The van der Waals surface area contributed by atoms with Gasteiger partial charge in [-0.3, -0.25) is 9.59 Å². The van der Waals surface area contributed by atoms with Crippen LogP contribution in [-0.4, -0.2) is 33.1 Å². The number of carbonyl (C=O) groups is 2. The van der Waals surface area contributed by atoms with E-state index in [9.17, 15) is 18.0 Å². The van der Waals surface area contributed by atoms with Crippen molar-refractivity contribution in [3.63, 3.8) is 0 Å². The number of rotatable bonds is 11. The number of carbonyl (C=O) groups excluding carboxylic acids is 2. The van der Waals surface area contributed by atoms with Crippen molar-refractivity contribution >= 4 is 44.0 Å². The van der Waals surface area contributed by atoms with Gasteiger partial charge in [-0.15, -0.1) is 0 Å². The lowest BCUT2D eigenvalue weighted by Gasteiger charge is -2.18. The second kappa shape index (κ2) is 12.4. The van der Waals surface area contributed by atoms with Crippen LogP contribution in [0.4, 0.5) is 0 Å². The molecular formula is C25H25BrN4O5S. The van der Waals surface area contributed by atoms with E-state index in [0.717, 1.165) is 5.56 Å². The quantitative estimate of drug-likeness (QED) is 0.239. The van der Waals surface area contributed by atoms with E-state index in [1.807, 2.05) is 13.0 Å². The first kappa shape index (κ1) is 27.1. The monoisotopic (exact) mass is 572 g/mol. The van der Waals surface area contributed by atoms with E-state index in [2.05, 4.69) is 31.2 Å². The minimum absolute atomic E-state index is 0.112. The van der Waals surface area contributed by atoms with Crippen LogP contribution in [0, 0.1) is 6.92 Å². The first-order chi connectivity index (χ1) is 17.1. The number of nitrogens with one attached hydrogen (secondary N) is 2. The standard InChI is InChI=1S/C25H25BrN4O5S/c1-17-7-10-20(11-8-17)36(33,34)30-22(19-5-3-2-4-6-19)14-25(32)29-28-15-18-9-12-23(21(26)13-18)35-16-24(27)31/h2-13,15,22,30H,14,16H2,1H3,(H2,27,31)(H,29,32)/b28-15-/t22-/m0/s1. The second-order valence-electron chi connectivity index (χ2n) is 7.84. The molecule has 0 aliphatic rings. The lowest BCUT2D eigenvalue weighted by Crippen LogP contribution is -2.32. The summed E-state index contributed by atoms with van der Waals surface area (Å²) in [5, 5.41) is 3.96. The van der Waals surface area contributed by atoms with E-state index in [4.69, 9.17) is 10.5 Å². The van der Waals surface area contributed by atoms with Crippen molar-refractivity contribution in [2.45, 2.75) is 24.3 Å². The number of aryl methyl sites for hydroxylation is 1. The van der Waals surface area contributed by atoms with Gasteiger partial charge in [-0.25, -0.2) is 18.6 Å². The van der Waals surface area contributed by atoms with E-state index in [0.29, 0.717) is 21.3 Å². The summed E-state index contributed by atoms with van der Waals surface area (Å²) in [6.07, 6.45) is 1.25. The number of nitrogens with zero attached hydrogens (tertiary/aromatic N) is 1. The van der Waals surface area contributed by atoms with Gasteiger partial charge in [-0.2, -0.15) is 5.10 Å². The number of halogens is 1. The number of hydrogen-bond donors (Lipinski definition) is 3. The minimum atomic E-state index is -3.87. The molecule has 0 heterocycles. The summed E-state index contributed by atoms with van der Waals surface area (Å²) in [4.78, 5) is 23.6. The molecule has 0 saturated carbocycles. The third kappa shape index (κ3) is 8.01. The van der Waals surface area contributed by atoms with Crippen LogP contribution in [0.25, 0.3) is 0 Å². The van der Waals surface area contributed by atoms with Gasteiger partial charge in [0.2, 0.25) is 15.9 Å². The fourth-order valence-corrected chi connectivity index (χ4v) is 4.89. The third-order valence-corrected chi connectivity index (χ3v) is 7.06. The highest BCUT2D eigenvalue weighted by atomic mass is 79.9. The highest BCUT2D eigenvalue weighted by Crippen LogP contribution is 2.25. The zero-order valence-corrected chi connectivity index (χ0v) is 21.8. The van der Waals surface area contributed by atoms with Gasteiger partial charge in [-0.1, -0.05) is 48.0 Å². The van der Waals surface area contributed by atoms with Gasteiger partial charge in [0.15, 0.2) is 6.61 Å². The normalized spacial score (nSPS) is 12.3. The van der Waals surface area contributed by atoms with E-state index < -0.39 is 27.9 Å². The first-order valence-corrected chi connectivity index (χ1v) is 13.1. The Morgan fingerprint density at radius 3 is 2.42 bits per heavy atom. The summed E-state index contributed by atoms with van der Waals surface area (Å²) in [7, 11) is -3.87. The number of benzene rings is 3. The van der Waals surface area contributed by atoms with Crippen molar-refractivity contribution in [1.29, 1.82) is 0 Å². The van der Waals surface area contributed by atoms with Crippen LogP contribution >= 0.6 is 15.9 Å². The Balaban J connectivity index is 1.67. The molecule has 0 aliphatic heterocycles. The smallest absolute Gasteiger partial charge is 0.255 e. The maximum atomic E-state index is 12.9. The highest BCUT2D eigenvalue weighted by Gasteiger charge is 2.23. The fourth-order valence-electron chi connectivity index (χ4n) is 3.16. The van der Waals surface area contributed by atoms with Crippen molar-refractivity contribution in [2.75, 3.05) is 6.61 Å². The maximum absolute atomic E-state index is 12.9. The summed E-state index contributed by atoms with van der Waals surface area (Å²) < 4.78 is 34.3. The number of amides is 2. The molecule has 3 aromatic carbocycles. The Labute approximate surface area is 217 Å². The molecule has 3 rings (SSSR count). The van der Waals surface area contributed by atoms with Gasteiger partial charge in [0.1, 0.15) is 5.75 Å². The predicted octanol–water partition coefficient (Wildman–Crippen LogP) is 3.18. The van der Waals surface area contributed by atoms with Crippen molar-refractivity contribution in [3.8, 4) is 5.75 Å². The molecule has 0 aromatic heterocycles. The van der Waals surface area contributed by atoms with Crippen LogP contribution in [0.1, 0.15) is 29.2 Å². The lowest BCUT2D eigenvalue weighted by molar-refractivity contribution is -0.121. The number of ether oxygens (including phenoxy) is 1. The molecule has 188 valence electrons. The number of hydrazone groups is 1. The molecule has 0 fully saturated rings. The zero-order valence-electron chi connectivity index (χ0n) is 19.3. The van der Waals surface area contributed by atoms with Gasteiger partial charge in [0.05, 0.1) is 21.6 Å². The van der Waals surface area contributed by atoms with Crippen LogP contribution in [0.5, 0.6) is 5.75 Å². The summed E-state index contributed by atoms with van der Waals surface area (Å²) in [6, 6.07) is 19.5. The van der Waals surface area contributed by atoms with E-state index in [-0.39, 0.29) is 17.9 Å². The largest absolute Gasteiger partial charge is 0.483 e.